The molecule has 0 atom stereocenters. The first kappa shape index (κ1) is 16.1. The molecule has 2 saturated heterocycles. The molecule has 0 bridgehead atoms. The summed E-state index contributed by atoms with van der Waals surface area (Å²) in [7, 11) is -0.386. The zero-order valence-corrected chi connectivity index (χ0v) is 14.4. The maximum absolute atomic E-state index is 6.32. The van der Waals surface area contributed by atoms with Gasteiger partial charge in [-0.2, -0.15) is 0 Å². The molecule has 2 aliphatic heterocycles. The summed E-state index contributed by atoms with van der Waals surface area (Å²) in [5.41, 5.74) is 1.37. The highest BCUT2D eigenvalue weighted by atomic mass is 35.5. The number of halogens is 1. The Balaban J connectivity index is 1.87. The molecule has 0 aromatic heterocycles. The van der Waals surface area contributed by atoms with Crippen molar-refractivity contribution in [3.8, 4) is 0 Å². The van der Waals surface area contributed by atoms with E-state index in [1.165, 1.54) is 0 Å². The minimum Gasteiger partial charge on any atom is -0.399 e. The van der Waals surface area contributed by atoms with Gasteiger partial charge in [-0.05, 0) is 51.4 Å². The average molecular weight is 324 g/mol. The molecule has 0 unspecified atom stereocenters. The smallest absolute Gasteiger partial charge is 0.399 e. The molecule has 0 amide bonds. The number of hydrogen-bond donors (Lipinski definition) is 0. The van der Waals surface area contributed by atoms with Crippen molar-refractivity contribution in [3.05, 3.63) is 23.2 Å². The third-order valence-corrected chi connectivity index (χ3v) is 5.02. The number of nitrogens with zero attached hydrogens (tertiary/aromatic N) is 1. The average Bonchev–Trinajstić information content (AvgIpc) is 2.68. The minimum absolute atomic E-state index is 0.348. The van der Waals surface area contributed by atoms with Crippen molar-refractivity contribution < 1.29 is 14.0 Å². The quantitative estimate of drug-likeness (QED) is 0.783. The van der Waals surface area contributed by atoms with Crippen LogP contribution in [0.2, 0.25) is 5.02 Å². The Morgan fingerprint density at radius 1 is 1.00 bits per heavy atom. The molecule has 0 spiro atoms. The van der Waals surface area contributed by atoms with E-state index in [-0.39, 0.29) is 18.3 Å². The molecule has 1 aromatic rings. The van der Waals surface area contributed by atoms with Crippen molar-refractivity contribution in [2.24, 2.45) is 0 Å². The van der Waals surface area contributed by atoms with E-state index in [0.29, 0.717) is 5.02 Å². The van der Waals surface area contributed by atoms with E-state index in [9.17, 15) is 0 Å². The second kappa shape index (κ2) is 5.71. The summed E-state index contributed by atoms with van der Waals surface area (Å²) < 4.78 is 17.7. The molecule has 0 N–H and O–H groups in total. The normalized spacial score (nSPS) is 23.9. The summed E-state index contributed by atoms with van der Waals surface area (Å²) >= 11 is 6.32. The van der Waals surface area contributed by atoms with Crippen molar-refractivity contribution in [1.29, 1.82) is 0 Å². The van der Waals surface area contributed by atoms with Crippen LogP contribution in [0.5, 0.6) is 0 Å². The summed E-state index contributed by atoms with van der Waals surface area (Å²) in [4.78, 5) is 2.28. The highest BCUT2D eigenvalue weighted by Gasteiger charge is 2.51. The van der Waals surface area contributed by atoms with Gasteiger partial charge in [0, 0.05) is 23.8 Å². The summed E-state index contributed by atoms with van der Waals surface area (Å²) in [5.74, 6) is 0. The van der Waals surface area contributed by atoms with Gasteiger partial charge in [0.25, 0.3) is 0 Å². The number of morpholine rings is 1. The lowest BCUT2D eigenvalue weighted by atomic mass is 9.79. The molecular formula is C16H23BClNO3. The molecule has 2 fully saturated rings. The molecule has 4 nitrogen and oxygen atoms in total. The van der Waals surface area contributed by atoms with Crippen LogP contribution in [-0.2, 0) is 14.0 Å². The van der Waals surface area contributed by atoms with Gasteiger partial charge in [-0.15, -0.1) is 0 Å². The van der Waals surface area contributed by atoms with Crippen molar-refractivity contribution >= 4 is 29.9 Å². The van der Waals surface area contributed by atoms with Crippen LogP contribution in [0.3, 0.4) is 0 Å². The van der Waals surface area contributed by atoms with Gasteiger partial charge in [0.2, 0.25) is 0 Å². The number of benzene rings is 1. The van der Waals surface area contributed by atoms with Gasteiger partial charge in [-0.25, -0.2) is 0 Å². The highest BCUT2D eigenvalue weighted by molar-refractivity contribution is 6.62. The van der Waals surface area contributed by atoms with Crippen LogP contribution in [0.25, 0.3) is 0 Å². The lowest BCUT2D eigenvalue weighted by molar-refractivity contribution is 0.00578. The number of ether oxygens (including phenoxy) is 1. The van der Waals surface area contributed by atoms with Gasteiger partial charge < -0.3 is 18.9 Å². The molecule has 0 aliphatic carbocycles. The molecule has 3 rings (SSSR count). The summed E-state index contributed by atoms with van der Waals surface area (Å²) in [6, 6.07) is 6.02. The topological polar surface area (TPSA) is 30.9 Å². The van der Waals surface area contributed by atoms with E-state index in [4.69, 9.17) is 25.6 Å². The van der Waals surface area contributed by atoms with Crippen LogP contribution in [0, 0.1) is 0 Å². The maximum Gasteiger partial charge on any atom is 0.494 e. The molecule has 2 heterocycles. The Hall–Kier alpha value is -0.745. The summed E-state index contributed by atoms with van der Waals surface area (Å²) in [5, 5.41) is 0.703. The summed E-state index contributed by atoms with van der Waals surface area (Å²) in [6.45, 7) is 11.5. The van der Waals surface area contributed by atoms with E-state index in [0.717, 1.165) is 37.5 Å². The predicted octanol–water partition coefficient (Wildman–Crippen LogP) is 2.48. The van der Waals surface area contributed by atoms with Crippen LogP contribution >= 0.6 is 11.6 Å². The van der Waals surface area contributed by atoms with E-state index in [2.05, 4.69) is 38.7 Å². The van der Waals surface area contributed by atoms with Crippen LogP contribution in [-0.4, -0.2) is 44.6 Å². The molecular weight excluding hydrogens is 300 g/mol. The lowest BCUT2D eigenvalue weighted by Gasteiger charge is -2.32. The van der Waals surface area contributed by atoms with Gasteiger partial charge in [0.05, 0.1) is 24.4 Å². The van der Waals surface area contributed by atoms with E-state index >= 15 is 0 Å². The van der Waals surface area contributed by atoms with E-state index in [1.807, 2.05) is 12.1 Å². The van der Waals surface area contributed by atoms with Crippen molar-refractivity contribution in [1.82, 2.24) is 0 Å². The monoisotopic (exact) mass is 323 g/mol. The van der Waals surface area contributed by atoms with Crippen molar-refractivity contribution in [3.63, 3.8) is 0 Å². The molecule has 0 saturated carbocycles. The molecule has 22 heavy (non-hydrogen) atoms. The van der Waals surface area contributed by atoms with Crippen LogP contribution in [0.15, 0.2) is 18.2 Å². The van der Waals surface area contributed by atoms with Crippen LogP contribution in [0.1, 0.15) is 27.7 Å². The minimum atomic E-state index is -0.386. The number of anilines is 1. The highest BCUT2D eigenvalue weighted by Crippen LogP contribution is 2.37. The molecule has 1 aromatic carbocycles. The van der Waals surface area contributed by atoms with Gasteiger partial charge in [0.1, 0.15) is 0 Å². The van der Waals surface area contributed by atoms with E-state index in [1.54, 1.807) is 0 Å². The SMILES string of the molecule is CC1(C)OB(c2cc(Cl)cc(N3CCOCC3)c2)OC1(C)C. The van der Waals surface area contributed by atoms with E-state index < -0.39 is 0 Å². The zero-order chi connectivity index (χ0) is 16.0. The lowest BCUT2D eigenvalue weighted by Crippen LogP contribution is -2.41. The Morgan fingerprint density at radius 2 is 1.59 bits per heavy atom. The maximum atomic E-state index is 6.32. The second-order valence-electron chi connectivity index (χ2n) is 6.93. The second-order valence-corrected chi connectivity index (χ2v) is 7.37. The Morgan fingerprint density at radius 3 is 2.18 bits per heavy atom. The first-order chi connectivity index (χ1) is 10.3. The molecule has 2 aliphatic rings. The Bertz CT molecular complexity index is 542. The van der Waals surface area contributed by atoms with Gasteiger partial charge in [0.15, 0.2) is 0 Å². The molecule has 120 valence electrons. The Labute approximate surface area is 137 Å². The Kier molecular flexibility index (Phi) is 4.19. The predicted molar refractivity (Wildman–Crippen MR) is 90.2 cm³/mol. The number of rotatable bonds is 2. The van der Waals surface area contributed by atoms with Gasteiger partial charge >= 0.3 is 7.12 Å². The van der Waals surface area contributed by atoms with Gasteiger partial charge in [-0.3, -0.25) is 0 Å². The number of hydrogen-bond acceptors (Lipinski definition) is 4. The largest absolute Gasteiger partial charge is 0.494 e. The van der Waals surface area contributed by atoms with Gasteiger partial charge in [-0.1, -0.05) is 11.6 Å². The zero-order valence-electron chi connectivity index (χ0n) is 13.7. The third-order valence-electron chi connectivity index (χ3n) is 4.81. The fraction of sp³-hybridized carbons (Fsp3) is 0.625. The standard InChI is InChI=1S/C16H23BClNO3/c1-15(2)16(3,4)22-17(21-15)12-9-13(18)11-14(10-12)19-5-7-20-8-6-19/h9-11H,5-8H2,1-4H3. The fourth-order valence-electron chi connectivity index (χ4n) is 2.72. The summed E-state index contributed by atoms with van der Waals surface area (Å²) in [6.07, 6.45) is 0. The third kappa shape index (κ3) is 3.00. The molecule has 6 heteroatoms. The first-order valence-corrected chi connectivity index (χ1v) is 8.15. The molecule has 0 radical (unpaired) electrons. The van der Waals surface area contributed by atoms with Crippen molar-refractivity contribution in [2.45, 2.75) is 38.9 Å². The van der Waals surface area contributed by atoms with Crippen LogP contribution in [0.4, 0.5) is 5.69 Å². The first-order valence-electron chi connectivity index (χ1n) is 7.77. The fourth-order valence-corrected chi connectivity index (χ4v) is 2.95. The van der Waals surface area contributed by atoms with Crippen LogP contribution < -0.4 is 10.4 Å². The van der Waals surface area contributed by atoms with Crippen molar-refractivity contribution in [2.75, 3.05) is 31.2 Å².